The first kappa shape index (κ1) is 22.0. The third-order valence-electron chi connectivity index (χ3n) is 8.33. The number of fused-ring (bicyclic) bond motifs is 2. The number of nitrogens with zero attached hydrogens (tertiary/aromatic N) is 6. The highest BCUT2D eigenvalue weighted by Gasteiger charge is 2.46. The molecule has 6 rings (SSSR count). The van der Waals surface area contributed by atoms with E-state index in [2.05, 4.69) is 58.1 Å². The minimum absolute atomic E-state index is 0.0694. The van der Waals surface area contributed by atoms with Crippen molar-refractivity contribution in [3.8, 4) is 0 Å². The minimum atomic E-state index is -0.244. The predicted molar refractivity (Wildman–Crippen MR) is 135 cm³/mol. The van der Waals surface area contributed by atoms with Crippen LogP contribution in [-0.2, 0) is 12.0 Å². The smallest absolute Gasteiger partial charge is 0.281 e. The Morgan fingerprint density at radius 1 is 1.09 bits per heavy atom. The van der Waals surface area contributed by atoms with Gasteiger partial charge >= 0.3 is 0 Å². The quantitative estimate of drug-likeness (QED) is 0.588. The number of carbonyl (C=O) groups excluding carboxylic acids is 1. The monoisotopic (exact) mass is 472 g/mol. The summed E-state index contributed by atoms with van der Waals surface area (Å²) in [6.45, 7) is 6.49. The maximum Gasteiger partial charge on any atom is 0.281 e. The van der Waals surface area contributed by atoms with E-state index in [1.165, 1.54) is 11.1 Å². The second-order valence-electron chi connectivity index (χ2n) is 10.8. The van der Waals surface area contributed by atoms with Crippen LogP contribution >= 0.6 is 0 Å². The van der Waals surface area contributed by atoms with E-state index in [0.29, 0.717) is 12.4 Å². The summed E-state index contributed by atoms with van der Waals surface area (Å²) in [5.41, 5.74) is 15.8. The Morgan fingerprint density at radius 3 is 2.60 bits per heavy atom. The molecule has 1 aliphatic carbocycles. The Morgan fingerprint density at radius 2 is 1.86 bits per heavy atom. The number of benzene rings is 1. The predicted octanol–water partition coefficient (Wildman–Crippen LogP) is 2.88. The van der Waals surface area contributed by atoms with Crippen molar-refractivity contribution in [3.63, 3.8) is 0 Å². The lowest BCUT2D eigenvalue weighted by Gasteiger charge is -2.42. The number of nitrogens with two attached hydrogens (primary N) is 2. The molecule has 9 heteroatoms. The first-order chi connectivity index (χ1) is 16.8. The van der Waals surface area contributed by atoms with Crippen LogP contribution in [0.3, 0.4) is 0 Å². The van der Waals surface area contributed by atoms with Crippen molar-refractivity contribution >= 4 is 23.4 Å². The highest BCUT2D eigenvalue weighted by atomic mass is 16.2. The lowest BCUT2D eigenvalue weighted by molar-refractivity contribution is 0.0968. The van der Waals surface area contributed by atoms with Crippen molar-refractivity contribution in [1.29, 1.82) is 0 Å². The molecule has 2 aromatic heterocycles. The Balaban J connectivity index is 1.18. The van der Waals surface area contributed by atoms with Crippen molar-refractivity contribution < 1.29 is 4.79 Å². The number of piperidine rings is 1. The highest BCUT2D eigenvalue weighted by Crippen LogP contribution is 2.50. The Kier molecular flexibility index (Phi) is 4.90. The topological polar surface area (TPSA) is 119 Å². The van der Waals surface area contributed by atoms with Crippen molar-refractivity contribution in [2.75, 3.05) is 35.2 Å². The van der Waals surface area contributed by atoms with Gasteiger partial charge in [-0.2, -0.15) is 5.10 Å². The molecule has 3 aromatic rings. The standard InChI is InChI=1S/C26H32N8O/c1-25(2)8-14-33(20-7-11-30-34(20)25)24(35)21-23(28)31-19(16-29-21)32-12-9-26(10-13-32)15-17-5-3-4-6-18(17)22(26)27/h3-7,11,16,22H,8-10,12-15,27H2,1-2H3,(H2,28,31)/t22-/m1/s1. The molecule has 1 atom stereocenters. The lowest BCUT2D eigenvalue weighted by atomic mass is 9.73. The van der Waals surface area contributed by atoms with Crippen LogP contribution in [0, 0.1) is 5.41 Å². The molecule has 182 valence electrons. The Labute approximate surface area is 205 Å². The summed E-state index contributed by atoms with van der Waals surface area (Å²) in [4.78, 5) is 26.4. The fourth-order valence-electron chi connectivity index (χ4n) is 6.10. The first-order valence-electron chi connectivity index (χ1n) is 12.4. The van der Waals surface area contributed by atoms with Crippen molar-refractivity contribution in [3.05, 3.63) is 59.5 Å². The highest BCUT2D eigenvalue weighted by molar-refractivity contribution is 6.07. The maximum absolute atomic E-state index is 13.4. The Hall–Kier alpha value is -3.46. The van der Waals surface area contributed by atoms with Gasteiger partial charge in [0.25, 0.3) is 5.91 Å². The van der Waals surface area contributed by atoms with Gasteiger partial charge in [0.2, 0.25) is 0 Å². The maximum atomic E-state index is 13.4. The van der Waals surface area contributed by atoms with Gasteiger partial charge in [-0.15, -0.1) is 0 Å². The molecule has 0 bridgehead atoms. The van der Waals surface area contributed by atoms with Crippen LogP contribution in [0.5, 0.6) is 0 Å². The van der Waals surface area contributed by atoms with Crippen molar-refractivity contribution in [2.45, 2.75) is 51.1 Å². The molecule has 0 unspecified atom stereocenters. The second-order valence-corrected chi connectivity index (χ2v) is 10.8. The average Bonchev–Trinajstić information content (AvgIpc) is 3.44. The van der Waals surface area contributed by atoms with Gasteiger partial charge in [-0.05, 0) is 56.1 Å². The van der Waals surface area contributed by atoms with Crippen LogP contribution in [0.25, 0.3) is 0 Å². The molecule has 35 heavy (non-hydrogen) atoms. The molecule has 4 N–H and O–H groups in total. The van der Waals surface area contributed by atoms with E-state index in [0.717, 1.165) is 44.6 Å². The number of carbonyl (C=O) groups is 1. The van der Waals surface area contributed by atoms with Crippen LogP contribution in [-0.4, -0.2) is 45.3 Å². The summed E-state index contributed by atoms with van der Waals surface area (Å²) in [5, 5.41) is 4.42. The van der Waals surface area contributed by atoms with Gasteiger partial charge in [-0.1, -0.05) is 24.3 Å². The molecule has 1 aromatic carbocycles. The summed E-state index contributed by atoms with van der Waals surface area (Å²) in [5.74, 6) is 1.38. The minimum Gasteiger partial charge on any atom is -0.382 e. The van der Waals surface area contributed by atoms with E-state index in [9.17, 15) is 4.79 Å². The zero-order chi connectivity index (χ0) is 24.4. The Bertz CT molecular complexity index is 1290. The molecule has 1 spiro atoms. The molecular formula is C26H32N8O. The van der Waals surface area contributed by atoms with Gasteiger partial charge in [0.05, 0.1) is 17.9 Å². The molecule has 0 radical (unpaired) electrons. The molecule has 0 saturated carbocycles. The third kappa shape index (κ3) is 3.40. The molecule has 1 amide bonds. The zero-order valence-corrected chi connectivity index (χ0v) is 20.3. The van der Waals surface area contributed by atoms with Crippen LogP contribution < -0.4 is 21.3 Å². The summed E-state index contributed by atoms with van der Waals surface area (Å²) in [7, 11) is 0. The van der Waals surface area contributed by atoms with E-state index >= 15 is 0 Å². The van der Waals surface area contributed by atoms with E-state index in [1.54, 1.807) is 17.3 Å². The van der Waals surface area contributed by atoms with Gasteiger partial charge in [0.15, 0.2) is 11.5 Å². The molecule has 9 nitrogen and oxygen atoms in total. The normalized spacial score (nSPS) is 22.2. The van der Waals surface area contributed by atoms with Crippen LogP contribution in [0.15, 0.2) is 42.7 Å². The summed E-state index contributed by atoms with van der Waals surface area (Å²) >= 11 is 0. The van der Waals surface area contributed by atoms with Crippen molar-refractivity contribution in [2.24, 2.45) is 11.1 Å². The van der Waals surface area contributed by atoms with Gasteiger partial charge in [-0.3, -0.25) is 9.69 Å². The van der Waals surface area contributed by atoms with Crippen LogP contribution in [0.4, 0.5) is 17.5 Å². The van der Waals surface area contributed by atoms with Crippen molar-refractivity contribution in [1.82, 2.24) is 19.7 Å². The SMILES string of the molecule is CC1(C)CCN(C(=O)c2ncc(N3CCC4(CC3)Cc3ccccc3[C@H]4N)nc2N)c2ccnn21. The fourth-order valence-corrected chi connectivity index (χ4v) is 6.10. The van der Waals surface area contributed by atoms with Gasteiger partial charge in [-0.25, -0.2) is 14.6 Å². The molecule has 1 fully saturated rings. The van der Waals surface area contributed by atoms with E-state index in [1.807, 2.05) is 10.7 Å². The number of aromatic nitrogens is 4. The van der Waals surface area contributed by atoms with Crippen LogP contribution in [0.2, 0.25) is 0 Å². The lowest BCUT2D eigenvalue weighted by Crippen LogP contribution is -2.46. The zero-order valence-electron chi connectivity index (χ0n) is 20.3. The fraction of sp³-hybridized carbons (Fsp3) is 0.462. The number of amides is 1. The summed E-state index contributed by atoms with van der Waals surface area (Å²) in [6, 6.07) is 10.5. The third-order valence-corrected chi connectivity index (χ3v) is 8.33. The number of rotatable bonds is 2. The second kappa shape index (κ2) is 7.78. The van der Waals surface area contributed by atoms with E-state index in [4.69, 9.17) is 11.5 Å². The molecule has 4 heterocycles. The van der Waals surface area contributed by atoms with Gasteiger partial charge in [0.1, 0.15) is 11.6 Å². The summed E-state index contributed by atoms with van der Waals surface area (Å²) < 4.78 is 1.89. The van der Waals surface area contributed by atoms with Gasteiger partial charge < -0.3 is 16.4 Å². The van der Waals surface area contributed by atoms with Crippen LogP contribution in [0.1, 0.15) is 60.8 Å². The molecule has 1 saturated heterocycles. The number of hydrogen-bond donors (Lipinski definition) is 2. The number of nitrogen functional groups attached to an aromatic ring is 1. The summed E-state index contributed by atoms with van der Waals surface area (Å²) in [6.07, 6.45) is 7.19. The molecular weight excluding hydrogens is 440 g/mol. The van der Waals surface area contributed by atoms with Gasteiger partial charge in [0, 0.05) is 31.7 Å². The molecule has 3 aliphatic rings. The largest absolute Gasteiger partial charge is 0.382 e. The van der Waals surface area contributed by atoms with E-state index < -0.39 is 0 Å². The average molecular weight is 473 g/mol. The molecule has 2 aliphatic heterocycles. The number of anilines is 3. The number of hydrogen-bond acceptors (Lipinski definition) is 7. The van der Waals surface area contributed by atoms with E-state index in [-0.39, 0.29) is 34.4 Å². The first-order valence-corrected chi connectivity index (χ1v) is 12.4.